The maximum atomic E-state index is 13.6. The van der Waals surface area contributed by atoms with Gasteiger partial charge in [0, 0.05) is 11.8 Å². The molecule has 1 saturated heterocycles. The number of fused-ring (bicyclic) bond motifs is 1. The minimum Gasteiger partial charge on any atom is -0.458 e. The Kier molecular flexibility index (Phi) is 19.9. The van der Waals surface area contributed by atoms with E-state index in [4.69, 9.17) is 9.47 Å². The molecule has 6 atom stereocenters. The van der Waals surface area contributed by atoms with Crippen LogP contribution in [0.4, 0.5) is 65.9 Å². The van der Waals surface area contributed by atoms with Crippen molar-refractivity contribution >= 4 is 35.8 Å². The second kappa shape index (κ2) is 21.8. The number of halogens is 15. The molecule has 0 aromatic heterocycles. The molecule has 13 nitrogen and oxygen atoms in total. The van der Waals surface area contributed by atoms with Crippen LogP contribution in [0.1, 0.15) is 130 Å². The van der Waals surface area contributed by atoms with Gasteiger partial charge in [0.1, 0.15) is 12.2 Å². The maximum Gasteiger partial charge on any atom is 0.441 e. The van der Waals surface area contributed by atoms with Crippen molar-refractivity contribution in [1.82, 2.24) is 0 Å². The number of carbonyl (C=O) groups excluding carboxylic acids is 6. The van der Waals surface area contributed by atoms with Crippen molar-refractivity contribution in [2.45, 2.75) is 195 Å². The van der Waals surface area contributed by atoms with Gasteiger partial charge in [-0.3, -0.25) is 28.8 Å². The summed E-state index contributed by atoms with van der Waals surface area (Å²) in [5.41, 5.74) is -20.1. The molecule has 1 aliphatic heterocycles. The lowest BCUT2D eigenvalue weighted by Crippen LogP contribution is -2.72. The van der Waals surface area contributed by atoms with Crippen LogP contribution in [0.2, 0.25) is 0 Å². The van der Waals surface area contributed by atoms with Crippen molar-refractivity contribution in [1.29, 1.82) is 0 Å². The number of carbonyl (C=O) groups is 6. The Bertz CT molecular complexity index is 1970. The number of alkyl halides is 15. The SMILES string of the molecule is CCC(C)(C)C(=O)OC(C)(C)C(O)(C(F)(F)F)C(F)(F)F.CCC(C)(C)C(=O)OC(C)(C)C(OC(=O)C(C)C)(C(F)(F)F)C(F)(F)F.CCC(C)(C)C(=O)OC1C2CC3C1OC(=O)C3C2C(=O)OCC(F)(F)F. The number of esters is 6. The van der Waals surface area contributed by atoms with Crippen molar-refractivity contribution in [2.75, 3.05) is 6.61 Å². The second-order valence-electron chi connectivity index (χ2n) is 21.1. The molecule has 0 amide bonds. The summed E-state index contributed by atoms with van der Waals surface area (Å²) < 4.78 is 224. The van der Waals surface area contributed by atoms with Crippen molar-refractivity contribution < 1.29 is 128 Å². The van der Waals surface area contributed by atoms with Crippen LogP contribution in [-0.4, -0.2) is 113 Å². The average Bonchev–Trinajstić information content (AvgIpc) is 3.83. The summed E-state index contributed by atoms with van der Waals surface area (Å²) in [6, 6.07) is 0. The summed E-state index contributed by atoms with van der Waals surface area (Å²) >= 11 is 0. The molecular weight excluding hydrogens is 1030 g/mol. The molecule has 6 unspecified atom stereocenters. The van der Waals surface area contributed by atoms with Crippen molar-refractivity contribution in [3.8, 4) is 0 Å². The summed E-state index contributed by atoms with van der Waals surface area (Å²) in [5.74, 6) is -10.5. The van der Waals surface area contributed by atoms with Crippen LogP contribution in [0.3, 0.4) is 0 Å². The number of ether oxygens (including phenoxy) is 6. The predicted octanol–water partition coefficient (Wildman–Crippen LogP) is 10.7. The summed E-state index contributed by atoms with van der Waals surface area (Å²) in [6.45, 7) is 15.6. The minimum absolute atomic E-state index is 0.110. The zero-order valence-corrected chi connectivity index (χ0v) is 42.6. The van der Waals surface area contributed by atoms with Gasteiger partial charge < -0.3 is 33.5 Å². The van der Waals surface area contributed by atoms with Gasteiger partial charge in [0.25, 0.3) is 5.60 Å². The van der Waals surface area contributed by atoms with Gasteiger partial charge in [0.2, 0.25) is 0 Å². The number of aliphatic hydroxyl groups is 1. The van der Waals surface area contributed by atoms with E-state index in [0.29, 0.717) is 40.5 Å². The van der Waals surface area contributed by atoms with Crippen molar-refractivity contribution in [2.24, 2.45) is 45.8 Å². The first-order chi connectivity index (χ1) is 32.2. The summed E-state index contributed by atoms with van der Waals surface area (Å²) in [7, 11) is 0. The molecule has 3 aliphatic rings. The second-order valence-corrected chi connectivity index (χ2v) is 21.1. The average molecular weight is 1100 g/mol. The predicted molar refractivity (Wildman–Crippen MR) is 221 cm³/mol. The smallest absolute Gasteiger partial charge is 0.441 e. The van der Waals surface area contributed by atoms with E-state index < -0.39 is 148 Å². The zero-order chi connectivity index (χ0) is 58.3. The van der Waals surface area contributed by atoms with E-state index in [9.17, 15) is 99.7 Å². The lowest BCUT2D eigenvalue weighted by Gasteiger charge is -2.46. The van der Waals surface area contributed by atoms with Gasteiger partial charge in [-0.2, -0.15) is 65.9 Å². The monoisotopic (exact) mass is 1100 g/mol. The normalized spacial score (nSPS) is 22.1. The molecule has 0 aromatic rings. The fourth-order valence-electron chi connectivity index (χ4n) is 7.51. The third-order valence-electron chi connectivity index (χ3n) is 13.5. The highest BCUT2D eigenvalue weighted by molar-refractivity contribution is 5.86. The molecule has 73 heavy (non-hydrogen) atoms. The maximum absolute atomic E-state index is 13.6. The van der Waals surface area contributed by atoms with Crippen LogP contribution >= 0.6 is 0 Å². The molecule has 3 rings (SSSR count). The van der Waals surface area contributed by atoms with Gasteiger partial charge in [-0.05, 0) is 94.9 Å². The standard InChI is InChI=1S/C17H21F3O6.C16H24F6O4.C12H18F6O3/c1-4-16(2,3)15(23)26-12-7-5-8-10(14(22)25-11(8)12)9(7)13(21)24-6-17(18,19)20;1-8-12(4,5)11(24)26-13(6,7)14(15(17,18)19,16(20,21)22)25-10(23)9(2)3;1-6-8(2,3)7(19)21-9(4,5)10(20,11(13,14)15)12(16,17)18/h7-12H,4-6H2,1-3H3;9H,8H2,1-7H3;20H,6H2,1-5H3. The van der Waals surface area contributed by atoms with E-state index in [2.05, 4.69) is 18.9 Å². The Morgan fingerprint density at radius 1 is 0.589 bits per heavy atom. The molecule has 0 radical (unpaired) electrons. The Balaban J connectivity index is 0.000000552. The molecule has 1 N–H and O–H groups in total. The first kappa shape index (κ1) is 66.7. The largest absolute Gasteiger partial charge is 0.458 e. The summed E-state index contributed by atoms with van der Waals surface area (Å²) in [5, 5.41) is 9.27. The molecule has 1 heterocycles. The van der Waals surface area contributed by atoms with Crippen LogP contribution in [0.25, 0.3) is 0 Å². The number of hydrogen-bond donors (Lipinski definition) is 1. The van der Waals surface area contributed by atoms with Crippen LogP contribution in [0, 0.1) is 45.8 Å². The van der Waals surface area contributed by atoms with Crippen LogP contribution < -0.4 is 0 Å². The van der Waals surface area contributed by atoms with Gasteiger partial charge in [-0.1, -0.05) is 34.6 Å². The van der Waals surface area contributed by atoms with Gasteiger partial charge in [-0.25, -0.2) is 0 Å². The number of hydrogen-bond acceptors (Lipinski definition) is 13. The topological polar surface area (TPSA) is 178 Å². The van der Waals surface area contributed by atoms with E-state index in [-0.39, 0.29) is 18.8 Å². The summed E-state index contributed by atoms with van der Waals surface area (Å²) in [6.07, 6.45) is -29.3. The fourth-order valence-corrected chi connectivity index (χ4v) is 7.51. The lowest BCUT2D eigenvalue weighted by molar-refractivity contribution is -0.409. The quantitative estimate of drug-likeness (QED) is 0.0931. The van der Waals surface area contributed by atoms with E-state index in [0.717, 1.165) is 13.8 Å². The van der Waals surface area contributed by atoms with E-state index in [1.54, 1.807) is 13.8 Å². The lowest BCUT2D eigenvalue weighted by atomic mass is 9.78. The first-order valence-corrected chi connectivity index (χ1v) is 22.5. The Hall–Kier alpha value is -4.27. The van der Waals surface area contributed by atoms with Crippen molar-refractivity contribution in [3.63, 3.8) is 0 Å². The van der Waals surface area contributed by atoms with Gasteiger partial charge in [-0.15, -0.1) is 0 Å². The van der Waals surface area contributed by atoms with E-state index >= 15 is 0 Å². The number of rotatable bonds is 15. The molecule has 426 valence electrons. The van der Waals surface area contributed by atoms with Crippen molar-refractivity contribution in [3.05, 3.63) is 0 Å². The van der Waals surface area contributed by atoms with Crippen LogP contribution in [-0.2, 0) is 57.2 Å². The molecular formula is C45H63F15O13. The third-order valence-corrected chi connectivity index (χ3v) is 13.5. The zero-order valence-electron chi connectivity index (χ0n) is 42.6. The molecule has 0 aromatic carbocycles. The van der Waals surface area contributed by atoms with Gasteiger partial charge in [0.15, 0.2) is 17.8 Å². The van der Waals surface area contributed by atoms with Gasteiger partial charge in [0.05, 0.1) is 34.0 Å². The van der Waals surface area contributed by atoms with E-state index in [1.807, 2.05) is 6.92 Å². The highest BCUT2D eigenvalue weighted by Crippen LogP contribution is 2.60. The third kappa shape index (κ3) is 13.8. The molecule has 3 fully saturated rings. The fraction of sp³-hybridized carbons (Fsp3) is 0.867. The summed E-state index contributed by atoms with van der Waals surface area (Å²) in [4.78, 5) is 72.3. The molecule has 2 bridgehead atoms. The highest BCUT2D eigenvalue weighted by Gasteiger charge is 2.83. The highest BCUT2D eigenvalue weighted by atomic mass is 19.4. The van der Waals surface area contributed by atoms with Gasteiger partial charge >= 0.3 is 72.3 Å². The molecule has 2 aliphatic carbocycles. The minimum atomic E-state index is -6.09. The molecule has 28 heteroatoms. The Morgan fingerprint density at radius 3 is 1.32 bits per heavy atom. The molecule has 2 saturated carbocycles. The van der Waals surface area contributed by atoms with E-state index in [1.165, 1.54) is 41.5 Å². The molecule has 0 spiro atoms. The van der Waals surface area contributed by atoms with Crippen LogP contribution in [0.15, 0.2) is 0 Å². The first-order valence-electron chi connectivity index (χ1n) is 22.5. The van der Waals surface area contributed by atoms with Crippen LogP contribution in [0.5, 0.6) is 0 Å². The Morgan fingerprint density at radius 2 is 0.973 bits per heavy atom. The Labute approximate surface area is 411 Å².